The first-order valence-corrected chi connectivity index (χ1v) is 12.5. The van der Waals surface area contributed by atoms with Crippen molar-refractivity contribution in [3.8, 4) is 0 Å². The predicted molar refractivity (Wildman–Crippen MR) is 123 cm³/mol. The van der Waals surface area contributed by atoms with Gasteiger partial charge in [0.2, 0.25) is 0 Å². The van der Waals surface area contributed by atoms with Crippen molar-refractivity contribution < 1.29 is 33.5 Å². The zero-order valence-corrected chi connectivity index (χ0v) is 19.5. The highest BCUT2D eigenvalue weighted by molar-refractivity contribution is 7.46. The number of carbonyl (C=O) groups excluding carboxylic acids is 1. The van der Waals surface area contributed by atoms with E-state index in [1.807, 2.05) is 12.2 Å². The summed E-state index contributed by atoms with van der Waals surface area (Å²) in [5.41, 5.74) is 0. The van der Waals surface area contributed by atoms with E-state index in [1.165, 1.54) is 25.7 Å². The largest absolute Gasteiger partial charge is 0.469 e. The molecule has 0 fully saturated rings. The van der Waals surface area contributed by atoms with Gasteiger partial charge in [-0.2, -0.15) is 0 Å². The van der Waals surface area contributed by atoms with Gasteiger partial charge in [0.05, 0.1) is 13.2 Å². The zero-order valence-electron chi connectivity index (χ0n) is 18.6. The van der Waals surface area contributed by atoms with Crippen LogP contribution in [0.1, 0.15) is 71.1 Å². The van der Waals surface area contributed by atoms with Crippen LogP contribution in [0, 0.1) is 0 Å². The van der Waals surface area contributed by atoms with Gasteiger partial charge in [-0.3, -0.25) is 9.32 Å². The molecule has 0 unspecified atom stereocenters. The van der Waals surface area contributed by atoms with Crippen LogP contribution in [0.2, 0.25) is 0 Å². The number of hydrogen-bond acceptors (Lipinski definition) is 5. The minimum atomic E-state index is -4.66. The molecule has 0 aliphatic carbocycles. The highest BCUT2D eigenvalue weighted by Gasteiger charge is 2.20. The fourth-order valence-electron chi connectivity index (χ4n) is 2.47. The van der Waals surface area contributed by atoms with E-state index < -0.39 is 33.1 Å². The summed E-state index contributed by atoms with van der Waals surface area (Å²) >= 11 is 0. The molecule has 0 saturated heterocycles. The Kier molecular flexibility index (Phi) is 19.4. The van der Waals surface area contributed by atoms with Crippen LogP contribution in [0.5, 0.6) is 0 Å². The lowest BCUT2D eigenvalue weighted by molar-refractivity contribution is -0.153. The van der Waals surface area contributed by atoms with Crippen LogP contribution in [0.4, 0.5) is 0 Å². The highest BCUT2D eigenvalue weighted by atomic mass is 31.2. The third-order valence-electron chi connectivity index (χ3n) is 4.14. The lowest BCUT2D eigenvalue weighted by Gasteiger charge is -2.15. The summed E-state index contributed by atoms with van der Waals surface area (Å²) in [5.74, 6) is -0.538. The second-order valence-corrected chi connectivity index (χ2v) is 8.30. The van der Waals surface area contributed by atoms with Crippen LogP contribution in [-0.4, -0.2) is 40.2 Å². The predicted octanol–water partition coefficient (Wildman–Crippen LogP) is 5.15. The Morgan fingerprint density at radius 3 is 1.87 bits per heavy atom. The number of esters is 1. The van der Waals surface area contributed by atoms with Crippen molar-refractivity contribution >= 4 is 13.8 Å². The molecule has 0 aromatic carbocycles. The molecule has 3 N–H and O–H groups in total. The molecule has 0 heterocycles. The summed E-state index contributed by atoms with van der Waals surface area (Å²) in [4.78, 5) is 28.9. The molecular formula is C23H39O7P. The van der Waals surface area contributed by atoms with E-state index in [2.05, 4.69) is 47.9 Å². The van der Waals surface area contributed by atoms with Crippen LogP contribution in [-0.2, 0) is 18.6 Å². The van der Waals surface area contributed by atoms with E-state index in [0.29, 0.717) is 6.42 Å². The SMILES string of the molecule is CCCCC/C=C\C/C=C\C/C=C\C/C=C\CCCC(=O)O[C@H](CO)COP(=O)(O)O. The number of allylic oxidation sites excluding steroid dienone is 8. The molecule has 0 aromatic heterocycles. The van der Waals surface area contributed by atoms with Crippen molar-refractivity contribution in [3.63, 3.8) is 0 Å². The Bertz CT molecular complexity index is 605. The number of hydrogen-bond donors (Lipinski definition) is 3. The highest BCUT2D eigenvalue weighted by Crippen LogP contribution is 2.35. The first kappa shape index (κ1) is 29.5. The van der Waals surface area contributed by atoms with E-state index in [-0.39, 0.29) is 6.42 Å². The third-order valence-corrected chi connectivity index (χ3v) is 4.62. The summed E-state index contributed by atoms with van der Waals surface area (Å²) in [7, 11) is -4.66. The topological polar surface area (TPSA) is 113 Å². The summed E-state index contributed by atoms with van der Waals surface area (Å²) in [5, 5.41) is 9.06. The van der Waals surface area contributed by atoms with Crippen LogP contribution in [0.25, 0.3) is 0 Å². The summed E-state index contributed by atoms with van der Waals surface area (Å²) in [6, 6.07) is 0. The number of unbranched alkanes of at least 4 members (excludes halogenated alkanes) is 4. The fourth-order valence-corrected chi connectivity index (χ4v) is 2.83. The zero-order chi connectivity index (χ0) is 23.2. The average molecular weight is 459 g/mol. The molecular weight excluding hydrogens is 419 g/mol. The van der Waals surface area contributed by atoms with Gasteiger partial charge in [-0.15, -0.1) is 0 Å². The number of rotatable bonds is 19. The Morgan fingerprint density at radius 2 is 1.39 bits per heavy atom. The number of phosphoric acid groups is 1. The van der Waals surface area contributed by atoms with Gasteiger partial charge in [0, 0.05) is 6.42 Å². The smallest absolute Gasteiger partial charge is 0.457 e. The second kappa shape index (κ2) is 20.4. The number of aliphatic hydroxyl groups is 1. The maximum Gasteiger partial charge on any atom is 0.469 e. The molecule has 0 spiro atoms. The molecule has 31 heavy (non-hydrogen) atoms. The fraction of sp³-hybridized carbons (Fsp3) is 0.609. The maximum absolute atomic E-state index is 11.7. The quantitative estimate of drug-likeness (QED) is 0.106. The number of phosphoric ester groups is 1. The minimum Gasteiger partial charge on any atom is -0.457 e. The molecule has 0 radical (unpaired) electrons. The summed E-state index contributed by atoms with van der Waals surface area (Å²) < 4.78 is 19.8. The van der Waals surface area contributed by atoms with Crippen molar-refractivity contribution in [2.24, 2.45) is 0 Å². The average Bonchev–Trinajstić information content (AvgIpc) is 2.72. The molecule has 0 aliphatic rings. The Balaban J connectivity index is 3.72. The Hall–Kier alpha value is -1.50. The number of aliphatic hydroxyl groups excluding tert-OH is 1. The van der Waals surface area contributed by atoms with Gasteiger partial charge in [-0.25, -0.2) is 4.57 Å². The van der Waals surface area contributed by atoms with E-state index >= 15 is 0 Å². The molecule has 0 amide bonds. The molecule has 1 atom stereocenters. The van der Waals surface area contributed by atoms with Gasteiger partial charge in [0.25, 0.3) is 0 Å². The van der Waals surface area contributed by atoms with Gasteiger partial charge in [0.1, 0.15) is 6.10 Å². The molecule has 0 aliphatic heterocycles. The Morgan fingerprint density at radius 1 is 0.871 bits per heavy atom. The Labute approximate surface area is 186 Å². The van der Waals surface area contributed by atoms with E-state index in [4.69, 9.17) is 19.6 Å². The number of carbonyl (C=O) groups is 1. The van der Waals surface area contributed by atoms with E-state index in [0.717, 1.165) is 25.7 Å². The number of ether oxygens (including phenoxy) is 1. The summed E-state index contributed by atoms with van der Waals surface area (Å²) in [6.07, 6.45) is 25.2. The molecule has 0 aromatic rings. The van der Waals surface area contributed by atoms with Crippen LogP contribution >= 0.6 is 7.82 Å². The van der Waals surface area contributed by atoms with Crippen LogP contribution < -0.4 is 0 Å². The standard InChI is InChI=1S/C23H39O7P/c1-2-3-4-5-6-7-8-9-10-11-12-13-14-15-16-17-18-19-23(25)30-22(20-24)21-29-31(26,27)28/h6-7,9-10,12-13,15-16,22,24H,2-5,8,11,14,17-21H2,1H3,(H2,26,27,28)/b7-6-,10-9-,13-12-,16-15-/t22-/m1/s1. The van der Waals surface area contributed by atoms with Crippen molar-refractivity contribution in [3.05, 3.63) is 48.6 Å². The lowest BCUT2D eigenvalue weighted by Crippen LogP contribution is -2.26. The molecule has 178 valence electrons. The first-order valence-electron chi connectivity index (χ1n) is 11.0. The molecule has 0 saturated carbocycles. The normalized spacial score (nSPS) is 13.8. The third kappa shape index (κ3) is 23.0. The first-order chi connectivity index (χ1) is 14.9. The van der Waals surface area contributed by atoms with E-state index in [1.54, 1.807) is 0 Å². The van der Waals surface area contributed by atoms with Crippen molar-refractivity contribution in [1.29, 1.82) is 0 Å². The maximum atomic E-state index is 11.7. The van der Waals surface area contributed by atoms with Crippen LogP contribution in [0.15, 0.2) is 48.6 Å². The summed E-state index contributed by atoms with van der Waals surface area (Å²) in [6.45, 7) is 1.10. The van der Waals surface area contributed by atoms with Crippen LogP contribution in [0.3, 0.4) is 0 Å². The van der Waals surface area contributed by atoms with Gasteiger partial charge >= 0.3 is 13.8 Å². The minimum absolute atomic E-state index is 0.157. The molecule has 8 heteroatoms. The molecule has 0 rings (SSSR count). The lowest BCUT2D eigenvalue weighted by atomic mass is 10.2. The molecule has 0 bridgehead atoms. The molecule has 7 nitrogen and oxygen atoms in total. The van der Waals surface area contributed by atoms with Gasteiger partial charge in [-0.1, -0.05) is 68.4 Å². The monoisotopic (exact) mass is 458 g/mol. The second-order valence-electron chi connectivity index (χ2n) is 7.06. The van der Waals surface area contributed by atoms with Crippen molar-refractivity contribution in [2.75, 3.05) is 13.2 Å². The van der Waals surface area contributed by atoms with Gasteiger partial charge in [-0.05, 0) is 44.9 Å². The van der Waals surface area contributed by atoms with Crippen molar-refractivity contribution in [2.45, 2.75) is 77.2 Å². The van der Waals surface area contributed by atoms with Gasteiger partial charge in [0.15, 0.2) is 0 Å². The van der Waals surface area contributed by atoms with Crippen molar-refractivity contribution in [1.82, 2.24) is 0 Å². The van der Waals surface area contributed by atoms with Gasteiger partial charge < -0.3 is 19.6 Å². The van der Waals surface area contributed by atoms with E-state index in [9.17, 15) is 9.36 Å².